The summed E-state index contributed by atoms with van der Waals surface area (Å²) in [5, 5.41) is 0. The Hall–Kier alpha value is -0.930. The minimum atomic E-state index is 0.315. The van der Waals surface area contributed by atoms with Gasteiger partial charge in [0.2, 0.25) is 0 Å². The SMILES string of the molecule is CCCC(C)C(Cc1ccc(CC)cn1)NN. The monoisotopic (exact) mass is 235 g/mol. The highest BCUT2D eigenvalue weighted by Gasteiger charge is 2.15. The van der Waals surface area contributed by atoms with E-state index in [9.17, 15) is 0 Å². The Bertz CT molecular complexity index is 308. The van der Waals surface area contributed by atoms with E-state index in [1.165, 1.54) is 18.4 Å². The van der Waals surface area contributed by atoms with Crippen molar-refractivity contribution in [3.8, 4) is 0 Å². The molecule has 3 N–H and O–H groups in total. The summed E-state index contributed by atoms with van der Waals surface area (Å²) in [6, 6.07) is 4.58. The number of nitrogens with one attached hydrogen (secondary N) is 1. The van der Waals surface area contributed by atoms with Crippen LogP contribution in [0.25, 0.3) is 0 Å². The van der Waals surface area contributed by atoms with Crippen LogP contribution in [0.1, 0.15) is 44.9 Å². The summed E-state index contributed by atoms with van der Waals surface area (Å²) in [6.07, 6.45) is 6.30. The van der Waals surface area contributed by atoms with Gasteiger partial charge in [0, 0.05) is 24.4 Å². The molecule has 0 saturated heterocycles. The number of nitrogens with zero attached hydrogens (tertiary/aromatic N) is 1. The molecule has 0 aromatic carbocycles. The van der Waals surface area contributed by atoms with E-state index in [1.807, 2.05) is 6.20 Å². The lowest BCUT2D eigenvalue weighted by atomic mass is 9.93. The summed E-state index contributed by atoms with van der Waals surface area (Å²) in [4.78, 5) is 4.48. The second-order valence-corrected chi connectivity index (χ2v) is 4.75. The Morgan fingerprint density at radius 3 is 2.59 bits per heavy atom. The predicted octanol–water partition coefficient (Wildman–Crippen LogP) is 2.45. The molecule has 1 heterocycles. The standard InChI is InChI=1S/C14H25N3/c1-4-6-11(3)14(17-15)9-13-8-7-12(5-2)10-16-13/h7-8,10-11,14,17H,4-6,9,15H2,1-3H3. The zero-order valence-electron chi connectivity index (χ0n) is 11.2. The first-order chi connectivity index (χ1) is 8.21. The quantitative estimate of drug-likeness (QED) is 0.564. The maximum atomic E-state index is 5.63. The molecule has 0 aliphatic rings. The van der Waals surface area contributed by atoms with Crippen molar-refractivity contribution in [3.05, 3.63) is 29.6 Å². The Morgan fingerprint density at radius 1 is 1.35 bits per heavy atom. The maximum absolute atomic E-state index is 5.63. The molecule has 17 heavy (non-hydrogen) atoms. The molecule has 2 unspecified atom stereocenters. The van der Waals surface area contributed by atoms with Crippen LogP contribution in [0.3, 0.4) is 0 Å². The number of hydrogen-bond acceptors (Lipinski definition) is 3. The third-order valence-corrected chi connectivity index (χ3v) is 3.37. The molecular weight excluding hydrogens is 210 g/mol. The van der Waals surface area contributed by atoms with Crippen LogP contribution >= 0.6 is 0 Å². The van der Waals surface area contributed by atoms with Crippen LogP contribution in [-0.4, -0.2) is 11.0 Å². The van der Waals surface area contributed by atoms with Crippen molar-refractivity contribution in [2.45, 2.75) is 52.5 Å². The second-order valence-electron chi connectivity index (χ2n) is 4.75. The van der Waals surface area contributed by atoms with Crippen molar-refractivity contribution < 1.29 is 0 Å². The number of pyridine rings is 1. The van der Waals surface area contributed by atoms with Gasteiger partial charge in [-0.2, -0.15) is 0 Å². The number of hydrogen-bond donors (Lipinski definition) is 2. The first kappa shape index (κ1) is 14.1. The molecule has 2 atom stereocenters. The first-order valence-electron chi connectivity index (χ1n) is 6.61. The van der Waals surface area contributed by atoms with E-state index in [1.54, 1.807) is 0 Å². The van der Waals surface area contributed by atoms with E-state index in [2.05, 4.69) is 43.3 Å². The van der Waals surface area contributed by atoms with Gasteiger partial charge in [0.1, 0.15) is 0 Å². The van der Waals surface area contributed by atoms with Gasteiger partial charge in [0.15, 0.2) is 0 Å². The van der Waals surface area contributed by atoms with E-state index in [-0.39, 0.29) is 0 Å². The van der Waals surface area contributed by atoms with E-state index in [4.69, 9.17) is 5.84 Å². The van der Waals surface area contributed by atoms with Gasteiger partial charge in [-0.1, -0.05) is 33.3 Å². The molecule has 3 nitrogen and oxygen atoms in total. The van der Waals surface area contributed by atoms with Crippen molar-refractivity contribution in [1.29, 1.82) is 0 Å². The molecule has 1 aromatic rings. The molecule has 0 saturated carbocycles. The average molecular weight is 235 g/mol. The molecule has 3 heteroatoms. The molecule has 1 rings (SSSR count). The third kappa shape index (κ3) is 4.44. The molecule has 96 valence electrons. The fourth-order valence-electron chi connectivity index (χ4n) is 2.09. The fourth-order valence-corrected chi connectivity index (χ4v) is 2.09. The van der Waals surface area contributed by atoms with Crippen molar-refractivity contribution in [2.24, 2.45) is 11.8 Å². The maximum Gasteiger partial charge on any atom is 0.0419 e. The molecule has 0 aliphatic carbocycles. The zero-order chi connectivity index (χ0) is 12.7. The highest BCUT2D eigenvalue weighted by atomic mass is 15.2. The molecule has 0 spiro atoms. The molecule has 0 bridgehead atoms. The number of hydrazine groups is 1. The lowest BCUT2D eigenvalue weighted by molar-refractivity contribution is 0.354. The first-order valence-corrected chi connectivity index (χ1v) is 6.61. The van der Waals surface area contributed by atoms with Crippen molar-refractivity contribution in [1.82, 2.24) is 10.4 Å². The topological polar surface area (TPSA) is 50.9 Å². The Kier molecular flexibility index (Phi) is 6.16. The summed E-state index contributed by atoms with van der Waals surface area (Å²) in [6.45, 7) is 6.59. The molecule has 0 aliphatic heterocycles. The van der Waals surface area contributed by atoms with E-state index >= 15 is 0 Å². The Labute approximate surface area is 105 Å². The van der Waals surface area contributed by atoms with Crippen LogP contribution in [0.4, 0.5) is 0 Å². The highest BCUT2D eigenvalue weighted by Crippen LogP contribution is 2.14. The van der Waals surface area contributed by atoms with Crippen LogP contribution in [0.2, 0.25) is 0 Å². The summed E-state index contributed by atoms with van der Waals surface area (Å²) in [5.74, 6) is 6.21. The minimum Gasteiger partial charge on any atom is -0.271 e. The molecule has 1 aromatic heterocycles. The fraction of sp³-hybridized carbons (Fsp3) is 0.643. The summed E-state index contributed by atoms with van der Waals surface area (Å²) < 4.78 is 0. The summed E-state index contributed by atoms with van der Waals surface area (Å²) >= 11 is 0. The number of rotatable bonds is 7. The van der Waals surface area contributed by atoms with Crippen LogP contribution in [0, 0.1) is 5.92 Å². The number of aromatic nitrogens is 1. The van der Waals surface area contributed by atoms with Gasteiger partial charge in [-0.15, -0.1) is 0 Å². The van der Waals surface area contributed by atoms with Gasteiger partial charge in [0.25, 0.3) is 0 Å². The normalized spacial score (nSPS) is 14.6. The van der Waals surface area contributed by atoms with Crippen LogP contribution in [-0.2, 0) is 12.8 Å². The lowest BCUT2D eigenvalue weighted by Gasteiger charge is -2.22. The van der Waals surface area contributed by atoms with Crippen LogP contribution in [0.5, 0.6) is 0 Å². The van der Waals surface area contributed by atoms with Gasteiger partial charge in [-0.05, 0) is 30.4 Å². The lowest BCUT2D eigenvalue weighted by Crippen LogP contribution is -2.41. The van der Waals surface area contributed by atoms with Gasteiger partial charge < -0.3 is 0 Å². The minimum absolute atomic E-state index is 0.315. The molecular formula is C14H25N3. The Balaban J connectivity index is 2.60. The predicted molar refractivity (Wildman–Crippen MR) is 72.5 cm³/mol. The smallest absolute Gasteiger partial charge is 0.0419 e. The summed E-state index contributed by atoms with van der Waals surface area (Å²) in [7, 11) is 0. The number of nitrogens with two attached hydrogens (primary N) is 1. The van der Waals surface area contributed by atoms with E-state index in [0.29, 0.717) is 12.0 Å². The second kappa shape index (κ2) is 7.41. The number of aryl methyl sites for hydroxylation is 1. The Morgan fingerprint density at radius 2 is 2.12 bits per heavy atom. The zero-order valence-corrected chi connectivity index (χ0v) is 11.2. The van der Waals surface area contributed by atoms with Gasteiger partial charge >= 0.3 is 0 Å². The summed E-state index contributed by atoms with van der Waals surface area (Å²) in [5.41, 5.74) is 5.33. The van der Waals surface area contributed by atoms with Crippen molar-refractivity contribution in [2.75, 3.05) is 0 Å². The highest BCUT2D eigenvalue weighted by molar-refractivity contribution is 5.14. The van der Waals surface area contributed by atoms with Crippen molar-refractivity contribution in [3.63, 3.8) is 0 Å². The van der Waals surface area contributed by atoms with Gasteiger partial charge in [-0.3, -0.25) is 16.3 Å². The average Bonchev–Trinajstić information content (AvgIpc) is 2.37. The van der Waals surface area contributed by atoms with E-state index in [0.717, 1.165) is 18.5 Å². The molecule has 0 amide bonds. The van der Waals surface area contributed by atoms with Crippen molar-refractivity contribution >= 4 is 0 Å². The van der Waals surface area contributed by atoms with Gasteiger partial charge in [-0.25, -0.2) is 0 Å². The third-order valence-electron chi connectivity index (χ3n) is 3.37. The largest absolute Gasteiger partial charge is 0.271 e. The van der Waals surface area contributed by atoms with Crippen LogP contribution in [0.15, 0.2) is 18.3 Å². The molecule has 0 radical (unpaired) electrons. The molecule has 0 fully saturated rings. The van der Waals surface area contributed by atoms with E-state index < -0.39 is 0 Å². The van der Waals surface area contributed by atoms with Crippen LogP contribution < -0.4 is 11.3 Å². The van der Waals surface area contributed by atoms with Gasteiger partial charge in [0.05, 0.1) is 0 Å².